The summed E-state index contributed by atoms with van der Waals surface area (Å²) in [6, 6.07) is 16.7. The number of fused-ring (bicyclic) bond motifs is 1. The second-order valence-corrected chi connectivity index (χ2v) is 7.64. The van der Waals surface area contributed by atoms with E-state index in [1.165, 1.54) is 0 Å². The normalized spacial score (nSPS) is 24.6. The lowest BCUT2D eigenvalue weighted by molar-refractivity contribution is -0.147. The minimum atomic E-state index is -0.483. The molecule has 5 nitrogen and oxygen atoms in total. The number of benzene rings is 2. The molecule has 2 N–H and O–H groups in total. The Balaban J connectivity index is 1.39. The van der Waals surface area contributed by atoms with Gasteiger partial charge < -0.3 is 15.5 Å². The van der Waals surface area contributed by atoms with E-state index >= 15 is 0 Å². The summed E-state index contributed by atoms with van der Waals surface area (Å²) in [5, 5.41) is 7.07. The lowest BCUT2D eigenvalue weighted by Gasteiger charge is -2.34. The molecule has 0 saturated carbocycles. The zero-order valence-electron chi connectivity index (χ0n) is 14.9. The van der Waals surface area contributed by atoms with Crippen molar-refractivity contribution in [1.29, 1.82) is 0 Å². The average Bonchev–Trinajstić information content (AvgIpc) is 3.10. The summed E-state index contributed by atoms with van der Waals surface area (Å²) in [7, 11) is 0. The van der Waals surface area contributed by atoms with Crippen LogP contribution < -0.4 is 10.6 Å². The van der Waals surface area contributed by atoms with Crippen molar-refractivity contribution in [2.75, 3.05) is 6.54 Å². The minimum absolute atomic E-state index is 0.00973. The molecule has 0 bridgehead atoms. The smallest absolute Gasteiger partial charge is 0.246 e. The van der Waals surface area contributed by atoms with Crippen LogP contribution in [0.1, 0.15) is 17.5 Å². The largest absolute Gasteiger partial charge is 0.342 e. The Morgan fingerprint density at radius 1 is 1.07 bits per heavy atom. The summed E-state index contributed by atoms with van der Waals surface area (Å²) in [4.78, 5) is 27.2. The predicted molar refractivity (Wildman–Crippen MR) is 104 cm³/mol. The lowest BCUT2D eigenvalue weighted by atomic mass is 10.0. The van der Waals surface area contributed by atoms with Crippen molar-refractivity contribution in [2.24, 2.45) is 0 Å². The Morgan fingerprint density at radius 3 is 2.63 bits per heavy atom. The van der Waals surface area contributed by atoms with E-state index in [-0.39, 0.29) is 23.9 Å². The van der Waals surface area contributed by atoms with Gasteiger partial charge in [-0.15, -0.1) is 0 Å². The van der Waals surface area contributed by atoms with Crippen molar-refractivity contribution in [3.05, 3.63) is 70.7 Å². The van der Waals surface area contributed by atoms with Crippen LogP contribution in [0.15, 0.2) is 54.6 Å². The van der Waals surface area contributed by atoms with Gasteiger partial charge in [-0.1, -0.05) is 54.1 Å². The molecule has 4 rings (SSSR count). The third kappa shape index (κ3) is 3.99. The molecule has 6 heteroatoms. The summed E-state index contributed by atoms with van der Waals surface area (Å²) >= 11 is 6.03. The molecule has 27 heavy (non-hydrogen) atoms. The predicted octanol–water partition coefficient (Wildman–Crippen LogP) is 2.14. The maximum absolute atomic E-state index is 12.9. The zero-order valence-corrected chi connectivity index (χ0v) is 15.7. The van der Waals surface area contributed by atoms with E-state index in [9.17, 15) is 9.59 Å². The highest BCUT2D eigenvalue weighted by Crippen LogP contribution is 2.24. The first-order valence-electron chi connectivity index (χ1n) is 9.23. The maximum atomic E-state index is 12.9. The molecule has 0 unspecified atom stereocenters. The second kappa shape index (κ2) is 7.71. The summed E-state index contributed by atoms with van der Waals surface area (Å²) < 4.78 is 0. The Bertz CT molecular complexity index is 842. The zero-order chi connectivity index (χ0) is 18.8. The van der Waals surface area contributed by atoms with Gasteiger partial charge in [-0.2, -0.15) is 0 Å². The fourth-order valence-corrected chi connectivity index (χ4v) is 4.12. The fraction of sp³-hybridized carbons (Fsp3) is 0.333. The Kier molecular flexibility index (Phi) is 5.14. The van der Waals surface area contributed by atoms with Gasteiger partial charge in [-0.05, 0) is 29.7 Å². The monoisotopic (exact) mass is 383 g/mol. The van der Waals surface area contributed by atoms with Crippen LogP contribution in [-0.2, 0) is 22.6 Å². The van der Waals surface area contributed by atoms with E-state index in [4.69, 9.17) is 11.6 Å². The van der Waals surface area contributed by atoms with E-state index in [0.717, 1.165) is 11.1 Å². The van der Waals surface area contributed by atoms with Crippen LogP contribution in [-0.4, -0.2) is 41.4 Å². The van der Waals surface area contributed by atoms with Crippen LogP contribution >= 0.6 is 11.6 Å². The second-order valence-electron chi connectivity index (χ2n) is 7.20. The van der Waals surface area contributed by atoms with Crippen LogP contribution in [0.3, 0.4) is 0 Å². The van der Waals surface area contributed by atoms with Crippen LogP contribution in [0.2, 0.25) is 5.02 Å². The molecule has 2 saturated heterocycles. The molecule has 140 valence electrons. The number of halogens is 1. The number of hydrogen-bond acceptors (Lipinski definition) is 3. The summed E-state index contributed by atoms with van der Waals surface area (Å²) in [6.07, 6.45) is 1.16. The van der Waals surface area contributed by atoms with Crippen molar-refractivity contribution in [1.82, 2.24) is 15.5 Å². The van der Waals surface area contributed by atoms with Crippen molar-refractivity contribution in [2.45, 2.75) is 37.5 Å². The third-order valence-electron chi connectivity index (χ3n) is 5.27. The van der Waals surface area contributed by atoms with Crippen LogP contribution in [0.25, 0.3) is 0 Å². The van der Waals surface area contributed by atoms with Crippen LogP contribution in [0.4, 0.5) is 0 Å². The van der Waals surface area contributed by atoms with Gasteiger partial charge >= 0.3 is 0 Å². The number of nitrogens with one attached hydrogen (secondary N) is 2. The number of rotatable bonds is 5. The van der Waals surface area contributed by atoms with Gasteiger partial charge in [0.1, 0.15) is 12.1 Å². The first kappa shape index (κ1) is 18.0. The fourth-order valence-electron chi connectivity index (χ4n) is 3.90. The topological polar surface area (TPSA) is 61.4 Å². The Morgan fingerprint density at radius 2 is 1.85 bits per heavy atom. The van der Waals surface area contributed by atoms with Gasteiger partial charge in [0.15, 0.2) is 0 Å². The van der Waals surface area contributed by atoms with E-state index in [2.05, 4.69) is 10.6 Å². The Labute approximate surface area is 163 Å². The van der Waals surface area contributed by atoms with Crippen molar-refractivity contribution >= 4 is 23.4 Å². The molecule has 2 amide bonds. The molecule has 2 fully saturated rings. The van der Waals surface area contributed by atoms with Crippen LogP contribution in [0.5, 0.6) is 0 Å². The average molecular weight is 384 g/mol. The standard InChI is InChI=1S/C21H22ClN3O2/c22-16-8-4-7-15(9-16)12-23-17-11-19-20(26)24-18(21(27)25(19)13-17)10-14-5-2-1-3-6-14/h1-9,17-19,23H,10-13H2,(H,24,26)/t17-,18-,19-/m0/s1. The first-order chi connectivity index (χ1) is 13.1. The van der Waals surface area contributed by atoms with Gasteiger partial charge in [-0.3, -0.25) is 9.59 Å². The molecule has 2 heterocycles. The van der Waals surface area contributed by atoms with Gasteiger partial charge in [0.25, 0.3) is 0 Å². The van der Waals surface area contributed by atoms with E-state index < -0.39 is 6.04 Å². The summed E-state index contributed by atoms with van der Waals surface area (Å²) in [5.41, 5.74) is 2.13. The van der Waals surface area contributed by atoms with Crippen molar-refractivity contribution in [3.63, 3.8) is 0 Å². The van der Waals surface area contributed by atoms with E-state index in [0.29, 0.717) is 31.0 Å². The molecular weight excluding hydrogens is 362 g/mol. The quantitative estimate of drug-likeness (QED) is 0.831. The highest BCUT2D eigenvalue weighted by molar-refractivity contribution is 6.30. The van der Waals surface area contributed by atoms with Gasteiger partial charge in [0.05, 0.1) is 0 Å². The van der Waals surface area contributed by atoms with Crippen molar-refractivity contribution < 1.29 is 9.59 Å². The molecule has 2 aromatic rings. The summed E-state index contributed by atoms with van der Waals surface area (Å²) in [6.45, 7) is 1.22. The highest BCUT2D eigenvalue weighted by Gasteiger charge is 2.46. The molecule has 3 atom stereocenters. The number of piperazine rings is 1. The first-order valence-corrected chi connectivity index (χ1v) is 9.60. The molecule has 0 radical (unpaired) electrons. The molecule has 2 aliphatic rings. The molecular formula is C21H22ClN3O2. The molecule has 2 aromatic carbocycles. The van der Waals surface area contributed by atoms with E-state index in [1.807, 2.05) is 54.6 Å². The maximum Gasteiger partial charge on any atom is 0.246 e. The van der Waals surface area contributed by atoms with Crippen LogP contribution in [0, 0.1) is 0 Å². The number of nitrogens with zero attached hydrogens (tertiary/aromatic N) is 1. The van der Waals surface area contributed by atoms with Gasteiger partial charge in [0.2, 0.25) is 11.8 Å². The third-order valence-corrected chi connectivity index (χ3v) is 5.50. The molecule has 0 spiro atoms. The highest BCUT2D eigenvalue weighted by atomic mass is 35.5. The minimum Gasteiger partial charge on any atom is -0.342 e. The van der Waals surface area contributed by atoms with Crippen molar-refractivity contribution in [3.8, 4) is 0 Å². The molecule has 0 aliphatic carbocycles. The Hall–Kier alpha value is -2.37. The number of carbonyl (C=O) groups is 2. The summed E-state index contributed by atoms with van der Waals surface area (Å²) in [5.74, 6) is -0.0434. The SMILES string of the molecule is O=C1N[C@@H](Cc2ccccc2)C(=O)N2C[C@@H](NCc3cccc(Cl)c3)C[C@@H]12. The van der Waals surface area contributed by atoms with Gasteiger partial charge in [0, 0.05) is 30.6 Å². The van der Waals surface area contributed by atoms with E-state index in [1.54, 1.807) is 4.90 Å². The number of amides is 2. The number of hydrogen-bond donors (Lipinski definition) is 2. The molecule has 2 aliphatic heterocycles. The molecule has 0 aromatic heterocycles. The number of carbonyl (C=O) groups excluding carboxylic acids is 2. The van der Waals surface area contributed by atoms with Gasteiger partial charge in [-0.25, -0.2) is 0 Å². The lowest BCUT2D eigenvalue weighted by Crippen LogP contribution is -2.61.